The van der Waals surface area contributed by atoms with Crippen molar-refractivity contribution in [2.45, 2.75) is 31.8 Å². The van der Waals surface area contributed by atoms with Gasteiger partial charge in [-0.05, 0) is 37.5 Å². The van der Waals surface area contributed by atoms with Gasteiger partial charge >= 0.3 is 0 Å². The number of carbonyl (C=O) groups excluding carboxylic acids is 1. The van der Waals surface area contributed by atoms with Crippen LogP contribution in [0, 0.1) is 0 Å². The lowest BCUT2D eigenvalue weighted by Crippen LogP contribution is -2.10. The van der Waals surface area contributed by atoms with E-state index in [1.165, 1.54) is 0 Å². The predicted molar refractivity (Wildman–Crippen MR) is 71.1 cm³/mol. The normalized spacial score (nSPS) is 19.5. The fourth-order valence-corrected chi connectivity index (χ4v) is 2.47. The van der Waals surface area contributed by atoms with Gasteiger partial charge in [-0.3, -0.25) is 4.79 Å². The van der Waals surface area contributed by atoms with Crippen LogP contribution in [0.5, 0.6) is 0 Å². The van der Waals surface area contributed by atoms with Crippen molar-refractivity contribution < 1.29 is 9.53 Å². The third-order valence-electron chi connectivity index (χ3n) is 3.03. The minimum absolute atomic E-state index is 0.102. The highest BCUT2D eigenvalue weighted by Gasteiger charge is 2.18. The molecule has 1 atom stereocenters. The van der Waals surface area contributed by atoms with Gasteiger partial charge < -0.3 is 10.5 Å². The number of anilines is 1. The largest absolute Gasteiger partial charge is 0.398 e. The maximum atomic E-state index is 12.0. The first-order valence-electron chi connectivity index (χ1n) is 5.86. The van der Waals surface area contributed by atoms with E-state index < -0.39 is 0 Å². The average Bonchev–Trinajstić information content (AvgIpc) is 2.78. The van der Waals surface area contributed by atoms with Crippen LogP contribution >= 0.6 is 15.9 Å². The molecule has 3 nitrogen and oxygen atoms in total. The number of hydrogen-bond donors (Lipinski definition) is 1. The number of hydrogen-bond acceptors (Lipinski definition) is 3. The van der Waals surface area contributed by atoms with E-state index in [0.717, 1.165) is 30.3 Å². The zero-order valence-electron chi connectivity index (χ0n) is 9.62. The number of carbonyl (C=O) groups is 1. The number of nitrogen functional groups attached to an aromatic ring is 1. The Balaban J connectivity index is 1.94. The summed E-state index contributed by atoms with van der Waals surface area (Å²) in [5.74, 6) is 0.102. The summed E-state index contributed by atoms with van der Waals surface area (Å²) < 4.78 is 6.39. The van der Waals surface area contributed by atoms with Crippen molar-refractivity contribution in [2.75, 3.05) is 12.3 Å². The van der Waals surface area contributed by atoms with Gasteiger partial charge in [0.2, 0.25) is 0 Å². The first-order chi connectivity index (χ1) is 8.16. The van der Waals surface area contributed by atoms with Crippen molar-refractivity contribution in [1.82, 2.24) is 0 Å². The lowest BCUT2D eigenvalue weighted by atomic mass is 10.0. The Labute approximate surface area is 109 Å². The summed E-state index contributed by atoms with van der Waals surface area (Å²) in [4.78, 5) is 12.0. The van der Waals surface area contributed by atoms with E-state index in [1.807, 2.05) is 6.07 Å². The third kappa shape index (κ3) is 3.30. The van der Waals surface area contributed by atoms with E-state index in [9.17, 15) is 4.79 Å². The Morgan fingerprint density at radius 1 is 1.53 bits per heavy atom. The van der Waals surface area contributed by atoms with Crippen molar-refractivity contribution in [3.05, 3.63) is 28.2 Å². The maximum absolute atomic E-state index is 12.0. The van der Waals surface area contributed by atoms with E-state index >= 15 is 0 Å². The molecule has 0 bridgehead atoms. The van der Waals surface area contributed by atoms with Crippen LogP contribution in [0.4, 0.5) is 5.69 Å². The van der Waals surface area contributed by atoms with Crippen LogP contribution in [0.25, 0.3) is 0 Å². The topological polar surface area (TPSA) is 52.3 Å². The van der Waals surface area contributed by atoms with Crippen LogP contribution in [-0.2, 0) is 4.74 Å². The van der Waals surface area contributed by atoms with Crippen LogP contribution < -0.4 is 5.73 Å². The number of ketones is 1. The van der Waals surface area contributed by atoms with Gasteiger partial charge in [0.25, 0.3) is 0 Å². The van der Waals surface area contributed by atoms with E-state index in [1.54, 1.807) is 12.1 Å². The molecular weight excluding hydrogens is 282 g/mol. The molecule has 0 aromatic heterocycles. The Hall–Kier alpha value is -0.870. The number of rotatable bonds is 4. The second-order valence-electron chi connectivity index (χ2n) is 4.33. The first-order valence-corrected chi connectivity index (χ1v) is 6.66. The number of benzene rings is 1. The quantitative estimate of drug-likeness (QED) is 0.686. The second-order valence-corrected chi connectivity index (χ2v) is 5.24. The van der Waals surface area contributed by atoms with Crippen LogP contribution in [-0.4, -0.2) is 18.5 Å². The van der Waals surface area contributed by atoms with Gasteiger partial charge in [-0.25, -0.2) is 0 Å². The number of nitrogens with two attached hydrogens (primary N) is 1. The zero-order chi connectivity index (χ0) is 12.3. The van der Waals surface area contributed by atoms with Crippen LogP contribution in [0.3, 0.4) is 0 Å². The second kappa shape index (κ2) is 5.65. The van der Waals surface area contributed by atoms with Crippen LogP contribution in [0.2, 0.25) is 0 Å². The molecule has 0 radical (unpaired) electrons. The van der Waals surface area contributed by atoms with Gasteiger partial charge in [0, 0.05) is 28.8 Å². The summed E-state index contributed by atoms with van der Waals surface area (Å²) in [6.45, 7) is 0.833. The van der Waals surface area contributed by atoms with E-state index in [2.05, 4.69) is 15.9 Å². The van der Waals surface area contributed by atoms with Gasteiger partial charge in [-0.1, -0.05) is 15.9 Å². The lowest BCUT2D eigenvalue weighted by molar-refractivity contribution is 0.0860. The summed E-state index contributed by atoms with van der Waals surface area (Å²) in [6, 6.07) is 5.38. The number of ether oxygens (including phenoxy) is 1. The summed E-state index contributed by atoms with van der Waals surface area (Å²) in [7, 11) is 0. The number of Topliss-reactive ketones (excluding diaryl/α,β-unsaturated/α-hetero) is 1. The molecule has 2 N–H and O–H groups in total. The van der Waals surface area contributed by atoms with Crippen molar-refractivity contribution in [3.63, 3.8) is 0 Å². The van der Waals surface area contributed by atoms with E-state index in [4.69, 9.17) is 10.5 Å². The summed E-state index contributed by atoms with van der Waals surface area (Å²) >= 11 is 3.33. The van der Waals surface area contributed by atoms with Crippen LogP contribution in [0.15, 0.2) is 22.7 Å². The number of halogens is 1. The molecule has 4 heteroatoms. The molecule has 17 heavy (non-hydrogen) atoms. The van der Waals surface area contributed by atoms with Crippen LogP contribution in [0.1, 0.15) is 36.0 Å². The predicted octanol–water partition coefficient (Wildman–Crippen LogP) is 3.17. The summed E-state index contributed by atoms with van der Waals surface area (Å²) in [6.07, 6.45) is 3.75. The SMILES string of the molecule is Nc1cc(Br)ccc1C(=O)CCC1CCCO1. The summed E-state index contributed by atoms with van der Waals surface area (Å²) in [5.41, 5.74) is 6.98. The molecule has 0 saturated carbocycles. The molecule has 1 heterocycles. The molecule has 0 aliphatic carbocycles. The first kappa shape index (κ1) is 12.6. The molecule has 1 fully saturated rings. The molecule has 1 aliphatic rings. The van der Waals surface area contributed by atoms with E-state index in [-0.39, 0.29) is 11.9 Å². The molecule has 1 aromatic rings. The highest BCUT2D eigenvalue weighted by Crippen LogP contribution is 2.22. The zero-order valence-corrected chi connectivity index (χ0v) is 11.2. The minimum atomic E-state index is 0.102. The lowest BCUT2D eigenvalue weighted by Gasteiger charge is -2.09. The molecular formula is C13H16BrNO2. The van der Waals surface area contributed by atoms with Crippen molar-refractivity contribution in [2.24, 2.45) is 0 Å². The Bertz CT molecular complexity index is 414. The fourth-order valence-electron chi connectivity index (χ4n) is 2.09. The molecule has 0 amide bonds. The summed E-state index contributed by atoms with van der Waals surface area (Å²) in [5, 5.41) is 0. The highest BCUT2D eigenvalue weighted by atomic mass is 79.9. The molecule has 1 aliphatic heterocycles. The van der Waals surface area contributed by atoms with Crippen molar-refractivity contribution in [3.8, 4) is 0 Å². The Morgan fingerprint density at radius 2 is 2.35 bits per heavy atom. The Kier molecular flexibility index (Phi) is 4.18. The average molecular weight is 298 g/mol. The monoisotopic (exact) mass is 297 g/mol. The molecule has 1 saturated heterocycles. The smallest absolute Gasteiger partial charge is 0.165 e. The van der Waals surface area contributed by atoms with Gasteiger partial charge in [0.1, 0.15) is 0 Å². The van der Waals surface area contributed by atoms with Gasteiger partial charge in [0.05, 0.1) is 6.10 Å². The standard InChI is InChI=1S/C13H16BrNO2/c14-9-3-5-11(12(15)8-9)13(16)6-4-10-2-1-7-17-10/h3,5,8,10H,1-2,4,6-7,15H2. The molecule has 0 spiro atoms. The Morgan fingerprint density at radius 3 is 3.00 bits per heavy atom. The molecule has 1 unspecified atom stereocenters. The maximum Gasteiger partial charge on any atom is 0.165 e. The van der Waals surface area contributed by atoms with Crippen molar-refractivity contribution in [1.29, 1.82) is 0 Å². The van der Waals surface area contributed by atoms with Gasteiger partial charge in [-0.2, -0.15) is 0 Å². The van der Waals surface area contributed by atoms with Gasteiger partial charge in [0.15, 0.2) is 5.78 Å². The fraction of sp³-hybridized carbons (Fsp3) is 0.462. The highest BCUT2D eigenvalue weighted by molar-refractivity contribution is 9.10. The molecule has 92 valence electrons. The third-order valence-corrected chi connectivity index (χ3v) is 3.52. The van der Waals surface area contributed by atoms with E-state index in [0.29, 0.717) is 17.7 Å². The minimum Gasteiger partial charge on any atom is -0.398 e. The molecule has 2 rings (SSSR count). The molecule has 1 aromatic carbocycles. The van der Waals surface area contributed by atoms with Crippen molar-refractivity contribution >= 4 is 27.4 Å². The van der Waals surface area contributed by atoms with Gasteiger partial charge in [-0.15, -0.1) is 0 Å².